The van der Waals surface area contributed by atoms with Crippen LogP contribution in [-0.4, -0.2) is 34.7 Å². The topological polar surface area (TPSA) is 89.3 Å². The Hall–Kier alpha value is -0.260. The number of amides is 1. The lowest BCUT2D eigenvalue weighted by molar-refractivity contribution is -0.124. The van der Waals surface area contributed by atoms with Crippen molar-refractivity contribution in [1.29, 1.82) is 0 Å². The summed E-state index contributed by atoms with van der Waals surface area (Å²) in [4.78, 5) is 11.4. The Balaban J connectivity index is 2.29. The minimum absolute atomic E-state index is 0.233. The lowest BCUT2D eigenvalue weighted by Crippen LogP contribution is -2.54. The minimum Gasteiger partial charge on any atom is -0.396 e. The molecule has 0 bridgehead atoms. The third-order valence-corrected chi connectivity index (χ3v) is 4.98. The maximum Gasteiger partial charge on any atom is 0.237 e. The number of primary amides is 1. The van der Waals surface area contributed by atoms with Gasteiger partial charge in [0.05, 0.1) is 5.54 Å². The normalized spacial score (nSPS) is 30.4. The van der Waals surface area contributed by atoms with Gasteiger partial charge in [-0.3, -0.25) is 4.79 Å². The van der Waals surface area contributed by atoms with Crippen LogP contribution in [0.2, 0.25) is 0 Å². The van der Waals surface area contributed by atoms with E-state index in [2.05, 4.69) is 0 Å². The molecule has 100 valence electrons. The van der Waals surface area contributed by atoms with Gasteiger partial charge in [-0.1, -0.05) is 13.3 Å². The van der Waals surface area contributed by atoms with Crippen LogP contribution in [0.3, 0.4) is 0 Å². The molecule has 17 heavy (non-hydrogen) atoms. The van der Waals surface area contributed by atoms with Crippen molar-refractivity contribution in [2.45, 2.75) is 38.1 Å². The summed E-state index contributed by atoms with van der Waals surface area (Å²) >= 11 is 1.82. The van der Waals surface area contributed by atoms with Crippen molar-refractivity contribution in [1.82, 2.24) is 0 Å². The number of hydrogen-bond donors (Lipinski definition) is 3. The van der Waals surface area contributed by atoms with Gasteiger partial charge in [0.25, 0.3) is 0 Å². The van der Waals surface area contributed by atoms with Crippen molar-refractivity contribution in [3.05, 3.63) is 0 Å². The zero-order valence-corrected chi connectivity index (χ0v) is 11.3. The second-order valence-corrected chi connectivity index (χ2v) is 6.29. The molecule has 0 spiro atoms. The lowest BCUT2D eigenvalue weighted by atomic mass is 9.85. The van der Waals surface area contributed by atoms with Crippen molar-refractivity contribution in [2.24, 2.45) is 23.3 Å². The van der Waals surface area contributed by atoms with Crippen LogP contribution in [0.4, 0.5) is 0 Å². The number of aliphatic hydroxyl groups is 1. The SMILES string of the molecule is CC(CO)CSCCC1CCCC1(N)C(N)=O. The number of hydrogen-bond acceptors (Lipinski definition) is 4. The van der Waals surface area contributed by atoms with Gasteiger partial charge in [0.1, 0.15) is 0 Å². The van der Waals surface area contributed by atoms with Crippen LogP contribution in [0.5, 0.6) is 0 Å². The molecule has 0 aromatic carbocycles. The molecule has 3 atom stereocenters. The Labute approximate surface area is 108 Å². The Morgan fingerprint density at radius 1 is 1.65 bits per heavy atom. The van der Waals surface area contributed by atoms with Gasteiger partial charge in [0.15, 0.2) is 0 Å². The highest BCUT2D eigenvalue weighted by Crippen LogP contribution is 2.36. The molecule has 1 rings (SSSR count). The van der Waals surface area contributed by atoms with Crippen LogP contribution in [0, 0.1) is 11.8 Å². The van der Waals surface area contributed by atoms with E-state index < -0.39 is 5.54 Å². The highest BCUT2D eigenvalue weighted by atomic mass is 32.2. The van der Waals surface area contributed by atoms with Gasteiger partial charge in [-0.2, -0.15) is 11.8 Å². The molecule has 4 nitrogen and oxygen atoms in total. The fourth-order valence-electron chi connectivity index (χ4n) is 2.39. The van der Waals surface area contributed by atoms with E-state index in [1.54, 1.807) is 0 Å². The summed E-state index contributed by atoms with van der Waals surface area (Å²) in [7, 11) is 0. The molecule has 3 unspecified atom stereocenters. The van der Waals surface area contributed by atoms with E-state index in [1.807, 2.05) is 18.7 Å². The molecule has 0 aromatic heterocycles. The van der Waals surface area contributed by atoms with Gasteiger partial charge in [0, 0.05) is 6.61 Å². The second-order valence-electron chi connectivity index (χ2n) is 5.15. The van der Waals surface area contributed by atoms with Crippen molar-refractivity contribution in [3.63, 3.8) is 0 Å². The molecule has 0 saturated heterocycles. The summed E-state index contributed by atoms with van der Waals surface area (Å²) in [6, 6.07) is 0. The summed E-state index contributed by atoms with van der Waals surface area (Å²) in [5, 5.41) is 8.91. The van der Waals surface area contributed by atoms with E-state index in [9.17, 15) is 4.79 Å². The predicted molar refractivity (Wildman–Crippen MR) is 71.6 cm³/mol. The van der Waals surface area contributed by atoms with E-state index in [1.165, 1.54) is 0 Å². The first-order valence-corrected chi connectivity index (χ1v) is 7.43. The van der Waals surface area contributed by atoms with E-state index in [0.29, 0.717) is 5.92 Å². The molecule has 0 aromatic rings. The van der Waals surface area contributed by atoms with Gasteiger partial charge in [0.2, 0.25) is 5.91 Å². The molecule has 1 aliphatic carbocycles. The number of thioether (sulfide) groups is 1. The molecule has 5 N–H and O–H groups in total. The third-order valence-electron chi connectivity index (χ3n) is 3.65. The van der Waals surface area contributed by atoms with Crippen molar-refractivity contribution >= 4 is 17.7 Å². The molecule has 1 amide bonds. The number of carbonyl (C=O) groups excluding carboxylic acids is 1. The van der Waals surface area contributed by atoms with Gasteiger partial charge in [-0.05, 0) is 42.6 Å². The molecule has 0 radical (unpaired) electrons. The van der Waals surface area contributed by atoms with Crippen LogP contribution in [0.15, 0.2) is 0 Å². The van der Waals surface area contributed by atoms with Crippen LogP contribution in [-0.2, 0) is 4.79 Å². The summed E-state index contributed by atoms with van der Waals surface area (Å²) in [6.07, 6.45) is 3.68. The average molecular weight is 260 g/mol. The van der Waals surface area contributed by atoms with E-state index in [4.69, 9.17) is 16.6 Å². The molecule has 5 heteroatoms. The number of carbonyl (C=O) groups is 1. The van der Waals surface area contributed by atoms with Crippen molar-refractivity contribution < 1.29 is 9.90 Å². The van der Waals surface area contributed by atoms with Gasteiger partial charge < -0.3 is 16.6 Å². The van der Waals surface area contributed by atoms with Crippen LogP contribution >= 0.6 is 11.8 Å². The Kier molecular flexibility index (Phi) is 5.76. The molecule has 0 heterocycles. The third kappa shape index (κ3) is 3.86. The highest BCUT2D eigenvalue weighted by Gasteiger charge is 2.43. The van der Waals surface area contributed by atoms with Gasteiger partial charge in [-0.15, -0.1) is 0 Å². The Morgan fingerprint density at radius 3 is 2.94 bits per heavy atom. The average Bonchev–Trinajstić information content (AvgIpc) is 2.67. The number of aliphatic hydroxyl groups excluding tert-OH is 1. The summed E-state index contributed by atoms with van der Waals surface area (Å²) in [5.74, 6) is 2.16. The standard InChI is InChI=1S/C12H24N2O2S/c1-9(7-15)8-17-6-4-10-3-2-5-12(10,14)11(13)16/h9-10,15H,2-8,14H2,1H3,(H2,13,16). The number of nitrogens with two attached hydrogens (primary N) is 2. The first-order valence-electron chi connectivity index (χ1n) is 6.28. The Bertz CT molecular complexity index is 263. The largest absolute Gasteiger partial charge is 0.396 e. The molecule has 1 aliphatic rings. The first-order chi connectivity index (χ1) is 8.00. The van der Waals surface area contributed by atoms with Crippen molar-refractivity contribution in [3.8, 4) is 0 Å². The monoisotopic (exact) mass is 260 g/mol. The molecular weight excluding hydrogens is 236 g/mol. The van der Waals surface area contributed by atoms with Crippen molar-refractivity contribution in [2.75, 3.05) is 18.1 Å². The predicted octanol–water partition coefficient (Wildman–Crippen LogP) is 0.721. The van der Waals surface area contributed by atoms with Gasteiger partial charge >= 0.3 is 0 Å². The van der Waals surface area contributed by atoms with Gasteiger partial charge in [-0.25, -0.2) is 0 Å². The molecule has 1 fully saturated rings. The molecule has 1 saturated carbocycles. The minimum atomic E-state index is -0.775. The van der Waals surface area contributed by atoms with Crippen LogP contribution in [0.1, 0.15) is 32.6 Å². The maximum absolute atomic E-state index is 11.4. The quantitative estimate of drug-likeness (QED) is 0.588. The summed E-state index contributed by atoms with van der Waals surface area (Å²) in [5.41, 5.74) is 10.7. The number of rotatable bonds is 7. The first kappa shape index (κ1) is 14.8. The maximum atomic E-state index is 11.4. The van der Waals surface area contributed by atoms with Crippen LogP contribution < -0.4 is 11.5 Å². The van der Waals surface area contributed by atoms with E-state index >= 15 is 0 Å². The van der Waals surface area contributed by atoms with Crippen LogP contribution in [0.25, 0.3) is 0 Å². The fourth-order valence-corrected chi connectivity index (χ4v) is 3.52. The Morgan fingerprint density at radius 2 is 2.35 bits per heavy atom. The summed E-state index contributed by atoms with van der Waals surface area (Å²) < 4.78 is 0. The smallest absolute Gasteiger partial charge is 0.237 e. The van der Waals surface area contributed by atoms with E-state index in [0.717, 1.165) is 37.2 Å². The fraction of sp³-hybridized carbons (Fsp3) is 0.917. The summed E-state index contributed by atoms with van der Waals surface area (Å²) in [6.45, 7) is 2.26. The second kappa shape index (κ2) is 6.61. The highest BCUT2D eigenvalue weighted by molar-refractivity contribution is 7.99. The van der Waals surface area contributed by atoms with E-state index in [-0.39, 0.29) is 18.4 Å². The molecular formula is C12H24N2O2S. The lowest BCUT2D eigenvalue weighted by Gasteiger charge is -2.27. The molecule has 0 aliphatic heterocycles. The zero-order chi connectivity index (χ0) is 12.9. The zero-order valence-electron chi connectivity index (χ0n) is 10.5.